The largest absolute Gasteiger partial charge is 0.333 e. The van der Waals surface area contributed by atoms with Crippen molar-refractivity contribution in [3.63, 3.8) is 0 Å². The van der Waals surface area contributed by atoms with Crippen LogP contribution in [0, 0.1) is 13.8 Å². The molecule has 0 aromatic carbocycles. The Hall–Kier alpha value is -1.20. The van der Waals surface area contributed by atoms with Gasteiger partial charge >= 0.3 is 0 Å². The Morgan fingerprint density at radius 1 is 1.33 bits per heavy atom. The van der Waals surface area contributed by atoms with Crippen molar-refractivity contribution in [1.29, 1.82) is 0 Å². The second-order valence-corrected chi connectivity index (χ2v) is 5.89. The van der Waals surface area contributed by atoms with Gasteiger partial charge in [0.15, 0.2) is 5.82 Å². The lowest BCUT2D eigenvalue weighted by atomic mass is 9.93. The van der Waals surface area contributed by atoms with Crippen LogP contribution in [0.15, 0.2) is 10.6 Å². The summed E-state index contributed by atoms with van der Waals surface area (Å²) in [6.45, 7) is 8.25. The zero-order chi connectivity index (χ0) is 13.3. The molecule has 18 heavy (non-hydrogen) atoms. The fraction of sp³-hybridized carbons (Fsp3) is 0.538. The Kier molecular flexibility index (Phi) is 3.54. The fourth-order valence-corrected chi connectivity index (χ4v) is 2.73. The Morgan fingerprint density at radius 3 is 2.50 bits per heavy atom. The number of aromatic nitrogens is 2. The average Bonchev–Trinajstić information content (AvgIpc) is 2.97. The molecule has 0 aliphatic rings. The molecule has 98 valence electrons. The molecule has 0 atom stereocenters. The molecule has 2 heterocycles. The topological polar surface area (TPSA) is 64.9 Å². The Balaban J connectivity index is 2.36. The van der Waals surface area contributed by atoms with Gasteiger partial charge in [0, 0.05) is 4.88 Å². The molecule has 0 amide bonds. The standard InChI is InChI=1S/C13H19N3OS/c1-5-13(14,6-2)12-15-11(17-16-12)10-7-8(3)9(4)18-10/h7H,5-6,14H2,1-4H3. The van der Waals surface area contributed by atoms with Gasteiger partial charge in [-0.1, -0.05) is 19.0 Å². The van der Waals surface area contributed by atoms with Gasteiger partial charge in [0.05, 0.1) is 10.4 Å². The third-order valence-electron chi connectivity index (χ3n) is 3.51. The van der Waals surface area contributed by atoms with Gasteiger partial charge < -0.3 is 10.3 Å². The lowest BCUT2D eigenvalue weighted by Gasteiger charge is -2.21. The van der Waals surface area contributed by atoms with E-state index < -0.39 is 5.54 Å². The molecule has 2 rings (SSSR count). The van der Waals surface area contributed by atoms with Crippen LogP contribution in [0.1, 0.15) is 43.0 Å². The lowest BCUT2D eigenvalue weighted by Crippen LogP contribution is -2.36. The molecule has 0 saturated carbocycles. The molecular formula is C13H19N3OS. The van der Waals surface area contributed by atoms with E-state index in [9.17, 15) is 0 Å². The Labute approximate surface area is 111 Å². The molecule has 0 saturated heterocycles. The van der Waals surface area contributed by atoms with Crippen LogP contribution in [0.5, 0.6) is 0 Å². The molecule has 5 heteroatoms. The highest BCUT2D eigenvalue weighted by Gasteiger charge is 2.29. The summed E-state index contributed by atoms with van der Waals surface area (Å²) in [6.07, 6.45) is 1.59. The molecule has 4 nitrogen and oxygen atoms in total. The van der Waals surface area contributed by atoms with E-state index in [2.05, 4.69) is 30.1 Å². The third-order valence-corrected chi connectivity index (χ3v) is 4.65. The molecular weight excluding hydrogens is 246 g/mol. The van der Waals surface area contributed by atoms with E-state index in [1.165, 1.54) is 10.4 Å². The van der Waals surface area contributed by atoms with Gasteiger partial charge in [-0.2, -0.15) is 4.98 Å². The van der Waals surface area contributed by atoms with Gasteiger partial charge in [0.1, 0.15) is 0 Å². The van der Waals surface area contributed by atoms with Crippen LogP contribution in [-0.4, -0.2) is 10.1 Å². The van der Waals surface area contributed by atoms with E-state index in [1.807, 2.05) is 13.8 Å². The normalized spacial score (nSPS) is 12.1. The summed E-state index contributed by atoms with van der Waals surface area (Å²) < 4.78 is 5.34. The molecule has 2 N–H and O–H groups in total. The molecule has 0 radical (unpaired) electrons. The maximum absolute atomic E-state index is 6.26. The Bertz CT molecular complexity index is 521. The number of hydrogen-bond donors (Lipinski definition) is 1. The van der Waals surface area contributed by atoms with E-state index in [4.69, 9.17) is 10.3 Å². The first-order valence-corrected chi connectivity index (χ1v) is 7.02. The number of aryl methyl sites for hydroxylation is 2. The SMILES string of the molecule is CCC(N)(CC)c1noc(-c2cc(C)c(C)s2)n1. The van der Waals surface area contributed by atoms with Crippen LogP contribution in [0.4, 0.5) is 0 Å². The van der Waals surface area contributed by atoms with Crippen molar-refractivity contribution < 1.29 is 4.52 Å². The molecule has 0 bridgehead atoms. The minimum atomic E-state index is -0.483. The van der Waals surface area contributed by atoms with Crippen molar-refractivity contribution in [2.75, 3.05) is 0 Å². The highest BCUT2D eigenvalue weighted by molar-refractivity contribution is 7.15. The van der Waals surface area contributed by atoms with Crippen LogP contribution in [0.25, 0.3) is 10.8 Å². The summed E-state index contributed by atoms with van der Waals surface area (Å²) in [6, 6.07) is 2.08. The van der Waals surface area contributed by atoms with E-state index in [0.717, 1.165) is 17.7 Å². The van der Waals surface area contributed by atoms with Gasteiger partial charge in [-0.05, 0) is 38.3 Å². The molecule has 0 unspecified atom stereocenters. The van der Waals surface area contributed by atoms with E-state index >= 15 is 0 Å². The monoisotopic (exact) mass is 265 g/mol. The van der Waals surface area contributed by atoms with Gasteiger partial charge in [0.2, 0.25) is 0 Å². The maximum atomic E-state index is 6.26. The van der Waals surface area contributed by atoms with Gasteiger partial charge in [0.25, 0.3) is 5.89 Å². The summed E-state index contributed by atoms with van der Waals surface area (Å²) in [5.41, 5.74) is 7.03. The minimum absolute atomic E-state index is 0.483. The number of nitrogens with two attached hydrogens (primary N) is 1. The number of thiophene rings is 1. The molecule has 2 aromatic heterocycles. The molecule has 0 fully saturated rings. The van der Waals surface area contributed by atoms with Crippen molar-refractivity contribution in [3.8, 4) is 10.8 Å². The van der Waals surface area contributed by atoms with Crippen LogP contribution in [-0.2, 0) is 5.54 Å². The summed E-state index contributed by atoms with van der Waals surface area (Å²) in [7, 11) is 0. The number of nitrogens with zero attached hydrogens (tertiary/aromatic N) is 2. The molecule has 0 aliphatic carbocycles. The third kappa shape index (κ3) is 2.20. The van der Waals surface area contributed by atoms with Crippen molar-refractivity contribution in [1.82, 2.24) is 10.1 Å². The van der Waals surface area contributed by atoms with E-state index in [1.54, 1.807) is 11.3 Å². The van der Waals surface area contributed by atoms with Crippen LogP contribution in [0.2, 0.25) is 0 Å². The van der Waals surface area contributed by atoms with Crippen molar-refractivity contribution in [2.45, 2.75) is 46.1 Å². The zero-order valence-corrected chi connectivity index (χ0v) is 12.1. The first kappa shape index (κ1) is 13.2. The quantitative estimate of drug-likeness (QED) is 0.920. The van der Waals surface area contributed by atoms with Gasteiger partial charge in [-0.15, -0.1) is 11.3 Å². The van der Waals surface area contributed by atoms with Crippen molar-refractivity contribution >= 4 is 11.3 Å². The highest BCUT2D eigenvalue weighted by atomic mass is 32.1. The summed E-state index contributed by atoms with van der Waals surface area (Å²) in [5, 5.41) is 4.04. The first-order valence-electron chi connectivity index (χ1n) is 6.20. The van der Waals surface area contributed by atoms with Crippen LogP contribution >= 0.6 is 11.3 Å². The van der Waals surface area contributed by atoms with Gasteiger partial charge in [-0.3, -0.25) is 0 Å². The predicted octanol–water partition coefficient (Wildman–Crippen LogP) is 3.39. The van der Waals surface area contributed by atoms with E-state index in [0.29, 0.717) is 11.7 Å². The zero-order valence-electron chi connectivity index (χ0n) is 11.3. The highest BCUT2D eigenvalue weighted by Crippen LogP contribution is 2.31. The fourth-order valence-electron chi connectivity index (χ4n) is 1.77. The summed E-state index contributed by atoms with van der Waals surface area (Å²) in [5.74, 6) is 1.18. The van der Waals surface area contributed by atoms with Crippen molar-refractivity contribution in [2.24, 2.45) is 5.73 Å². The van der Waals surface area contributed by atoms with Crippen LogP contribution < -0.4 is 5.73 Å². The number of hydrogen-bond acceptors (Lipinski definition) is 5. The second kappa shape index (κ2) is 4.82. The van der Waals surface area contributed by atoms with E-state index in [-0.39, 0.29) is 0 Å². The predicted molar refractivity (Wildman–Crippen MR) is 73.5 cm³/mol. The summed E-state index contributed by atoms with van der Waals surface area (Å²) in [4.78, 5) is 6.74. The first-order chi connectivity index (χ1) is 8.50. The average molecular weight is 265 g/mol. The minimum Gasteiger partial charge on any atom is -0.333 e. The molecule has 0 spiro atoms. The van der Waals surface area contributed by atoms with Gasteiger partial charge in [-0.25, -0.2) is 0 Å². The molecule has 2 aromatic rings. The number of rotatable bonds is 4. The second-order valence-electron chi connectivity index (χ2n) is 4.64. The van der Waals surface area contributed by atoms with Crippen molar-refractivity contribution in [3.05, 3.63) is 22.3 Å². The maximum Gasteiger partial charge on any atom is 0.268 e. The summed E-state index contributed by atoms with van der Waals surface area (Å²) >= 11 is 1.67. The smallest absolute Gasteiger partial charge is 0.268 e. The molecule has 0 aliphatic heterocycles. The Morgan fingerprint density at radius 2 is 2.00 bits per heavy atom. The van der Waals surface area contributed by atoms with Crippen LogP contribution in [0.3, 0.4) is 0 Å². The lowest BCUT2D eigenvalue weighted by molar-refractivity contribution is 0.350.